The van der Waals surface area contributed by atoms with Crippen molar-refractivity contribution in [2.75, 3.05) is 24.6 Å². The van der Waals surface area contributed by atoms with E-state index in [-0.39, 0.29) is 29.2 Å². The maximum absolute atomic E-state index is 12.8. The molecule has 0 spiro atoms. The van der Waals surface area contributed by atoms with Crippen molar-refractivity contribution in [3.8, 4) is 5.75 Å². The standard InChI is InChI=1S/C21H24N2O5/c1-4-27-18-8-5-16(6-9-18)21(24)17-7-10-19(20(11-17)23(25)26)22-12-14(2)28-15(3)13-22/h5-11,14-15H,4,12-13H2,1-3H3/t14-,15+. The van der Waals surface area contributed by atoms with E-state index in [1.807, 2.05) is 25.7 Å². The second kappa shape index (κ2) is 8.39. The number of hydrogen-bond donors (Lipinski definition) is 0. The summed E-state index contributed by atoms with van der Waals surface area (Å²) >= 11 is 0. The average molecular weight is 384 g/mol. The number of ketones is 1. The zero-order chi connectivity index (χ0) is 20.3. The molecule has 1 saturated heterocycles. The summed E-state index contributed by atoms with van der Waals surface area (Å²) in [7, 11) is 0. The lowest BCUT2D eigenvalue weighted by Crippen LogP contribution is -2.45. The number of nitro benzene ring substituents is 1. The van der Waals surface area contributed by atoms with Crippen LogP contribution >= 0.6 is 0 Å². The van der Waals surface area contributed by atoms with Gasteiger partial charge in [0.25, 0.3) is 5.69 Å². The Hall–Kier alpha value is -2.93. The number of carbonyl (C=O) groups is 1. The number of benzene rings is 2. The SMILES string of the molecule is CCOc1ccc(C(=O)c2ccc(N3C[C@@H](C)O[C@@H](C)C3)c([N+](=O)[O-])c2)cc1. The van der Waals surface area contributed by atoms with Crippen LogP contribution in [0.3, 0.4) is 0 Å². The quantitative estimate of drug-likeness (QED) is 0.428. The zero-order valence-electron chi connectivity index (χ0n) is 16.3. The third kappa shape index (κ3) is 4.31. The van der Waals surface area contributed by atoms with Gasteiger partial charge in [0, 0.05) is 30.3 Å². The lowest BCUT2D eigenvalue weighted by Gasteiger charge is -2.36. The van der Waals surface area contributed by atoms with Crippen LogP contribution < -0.4 is 9.64 Å². The van der Waals surface area contributed by atoms with Crippen LogP contribution in [-0.2, 0) is 4.74 Å². The molecule has 0 unspecified atom stereocenters. The van der Waals surface area contributed by atoms with Gasteiger partial charge in [-0.15, -0.1) is 0 Å². The number of ether oxygens (including phenoxy) is 2. The molecule has 0 saturated carbocycles. The minimum absolute atomic E-state index is 0.0199. The number of hydrogen-bond acceptors (Lipinski definition) is 6. The molecule has 1 heterocycles. The van der Waals surface area contributed by atoms with E-state index in [9.17, 15) is 14.9 Å². The van der Waals surface area contributed by atoms with Gasteiger partial charge < -0.3 is 14.4 Å². The summed E-state index contributed by atoms with van der Waals surface area (Å²) in [5.41, 5.74) is 1.18. The Kier molecular flexibility index (Phi) is 5.94. The van der Waals surface area contributed by atoms with E-state index in [0.717, 1.165) is 0 Å². The molecule has 0 aliphatic carbocycles. The van der Waals surface area contributed by atoms with Crippen LogP contribution in [0.5, 0.6) is 5.75 Å². The van der Waals surface area contributed by atoms with E-state index in [4.69, 9.17) is 9.47 Å². The lowest BCUT2D eigenvalue weighted by atomic mass is 10.0. The minimum atomic E-state index is -0.435. The fourth-order valence-corrected chi connectivity index (χ4v) is 3.49. The van der Waals surface area contributed by atoms with Crippen molar-refractivity contribution in [1.29, 1.82) is 0 Å². The molecule has 28 heavy (non-hydrogen) atoms. The summed E-state index contributed by atoms with van der Waals surface area (Å²) in [5.74, 6) is 0.414. The number of nitrogens with zero attached hydrogens (tertiary/aromatic N) is 2. The van der Waals surface area contributed by atoms with Gasteiger partial charge in [0.05, 0.1) is 23.7 Å². The van der Waals surface area contributed by atoms with Crippen molar-refractivity contribution < 1.29 is 19.2 Å². The van der Waals surface area contributed by atoms with E-state index < -0.39 is 4.92 Å². The third-order valence-electron chi connectivity index (χ3n) is 4.62. The molecule has 7 heteroatoms. The predicted molar refractivity (Wildman–Crippen MR) is 106 cm³/mol. The normalized spacial score (nSPS) is 19.3. The second-order valence-corrected chi connectivity index (χ2v) is 6.91. The molecule has 0 bridgehead atoms. The first kappa shape index (κ1) is 19.8. The summed E-state index contributed by atoms with van der Waals surface area (Å²) < 4.78 is 11.1. The van der Waals surface area contributed by atoms with Crippen molar-refractivity contribution >= 4 is 17.2 Å². The predicted octanol–water partition coefficient (Wildman–Crippen LogP) is 3.84. The van der Waals surface area contributed by atoms with Crippen molar-refractivity contribution in [2.24, 2.45) is 0 Å². The molecule has 148 valence electrons. The van der Waals surface area contributed by atoms with Crippen LogP contribution in [0.1, 0.15) is 36.7 Å². The van der Waals surface area contributed by atoms with E-state index in [0.29, 0.717) is 36.7 Å². The molecule has 0 aromatic heterocycles. The van der Waals surface area contributed by atoms with E-state index in [1.54, 1.807) is 36.4 Å². The van der Waals surface area contributed by atoms with Gasteiger partial charge in [-0.05, 0) is 57.2 Å². The highest BCUT2D eigenvalue weighted by atomic mass is 16.6. The van der Waals surface area contributed by atoms with Gasteiger partial charge in [0.2, 0.25) is 0 Å². The molecule has 3 rings (SSSR count). The van der Waals surface area contributed by atoms with Crippen LogP contribution in [0.4, 0.5) is 11.4 Å². The number of morpholine rings is 1. The largest absolute Gasteiger partial charge is 0.494 e. The molecular formula is C21H24N2O5. The monoisotopic (exact) mass is 384 g/mol. The Labute approximate surface area is 164 Å². The van der Waals surface area contributed by atoms with Crippen LogP contribution in [-0.4, -0.2) is 42.6 Å². The van der Waals surface area contributed by atoms with Gasteiger partial charge in [0.1, 0.15) is 11.4 Å². The van der Waals surface area contributed by atoms with E-state index in [2.05, 4.69) is 0 Å². The van der Waals surface area contributed by atoms with Crippen molar-refractivity contribution in [2.45, 2.75) is 33.0 Å². The highest BCUT2D eigenvalue weighted by molar-refractivity contribution is 6.09. The molecular weight excluding hydrogens is 360 g/mol. The van der Waals surface area contributed by atoms with E-state index in [1.165, 1.54) is 6.07 Å². The molecule has 0 amide bonds. The number of rotatable bonds is 6. The molecule has 1 fully saturated rings. The van der Waals surface area contributed by atoms with Crippen molar-refractivity contribution in [1.82, 2.24) is 0 Å². The zero-order valence-corrected chi connectivity index (χ0v) is 16.3. The molecule has 2 aromatic carbocycles. The number of carbonyl (C=O) groups excluding carboxylic acids is 1. The summed E-state index contributed by atoms with van der Waals surface area (Å²) in [4.78, 5) is 26.0. The first-order valence-corrected chi connectivity index (χ1v) is 9.35. The maximum Gasteiger partial charge on any atom is 0.293 e. The number of nitro groups is 1. The fourth-order valence-electron chi connectivity index (χ4n) is 3.49. The van der Waals surface area contributed by atoms with Crippen molar-refractivity contribution in [3.63, 3.8) is 0 Å². The van der Waals surface area contributed by atoms with Crippen LogP contribution in [0, 0.1) is 10.1 Å². The Morgan fingerprint density at radius 1 is 1.14 bits per heavy atom. The van der Waals surface area contributed by atoms with Crippen LogP contribution in [0.15, 0.2) is 42.5 Å². The molecule has 7 nitrogen and oxygen atoms in total. The lowest BCUT2D eigenvalue weighted by molar-refractivity contribution is -0.384. The second-order valence-electron chi connectivity index (χ2n) is 6.91. The molecule has 0 radical (unpaired) electrons. The Morgan fingerprint density at radius 2 is 1.75 bits per heavy atom. The van der Waals surface area contributed by atoms with Gasteiger partial charge in [-0.2, -0.15) is 0 Å². The Bertz CT molecular complexity index is 856. The van der Waals surface area contributed by atoms with Gasteiger partial charge in [0.15, 0.2) is 5.78 Å². The first-order valence-electron chi connectivity index (χ1n) is 9.35. The van der Waals surface area contributed by atoms with E-state index >= 15 is 0 Å². The summed E-state index contributed by atoms with van der Waals surface area (Å²) in [6.07, 6.45) is -0.0398. The molecule has 0 N–H and O–H groups in total. The smallest absolute Gasteiger partial charge is 0.293 e. The maximum atomic E-state index is 12.8. The minimum Gasteiger partial charge on any atom is -0.494 e. The first-order chi connectivity index (χ1) is 13.4. The van der Waals surface area contributed by atoms with Gasteiger partial charge in [-0.3, -0.25) is 14.9 Å². The molecule has 2 aromatic rings. The Balaban J connectivity index is 1.90. The third-order valence-corrected chi connectivity index (χ3v) is 4.62. The van der Waals surface area contributed by atoms with Crippen LogP contribution in [0.2, 0.25) is 0 Å². The Morgan fingerprint density at radius 3 is 2.32 bits per heavy atom. The van der Waals surface area contributed by atoms with Crippen LogP contribution in [0.25, 0.3) is 0 Å². The number of anilines is 1. The summed E-state index contributed by atoms with van der Waals surface area (Å²) in [6.45, 7) is 7.45. The van der Waals surface area contributed by atoms with Gasteiger partial charge >= 0.3 is 0 Å². The molecule has 1 aliphatic rings. The fraction of sp³-hybridized carbons (Fsp3) is 0.381. The van der Waals surface area contributed by atoms with Crippen molar-refractivity contribution in [3.05, 3.63) is 63.7 Å². The highest BCUT2D eigenvalue weighted by Crippen LogP contribution is 2.32. The molecule has 2 atom stereocenters. The van der Waals surface area contributed by atoms with Gasteiger partial charge in [-0.25, -0.2) is 0 Å². The summed E-state index contributed by atoms with van der Waals surface area (Å²) in [5, 5.41) is 11.7. The topological polar surface area (TPSA) is 81.9 Å². The highest BCUT2D eigenvalue weighted by Gasteiger charge is 2.28. The summed E-state index contributed by atoms with van der Waals surface area (Å²) in [6, 6.07) is 11.4. The average Bonchev–Trinajstić information content (AvgIpc) is 2.67. The van der Waals surface area contributed by atoms with Gasteiger partial charge in [-0.1, -0.05) is 0 Å². The molecule has 1 aliphatic heterocycles.